The summed E-state index contributed by atoms with van der Waals surface area (Å²) in [5, 5.41) is 5.44. The first-order valence-electron chi connectivity index (χ1n) is 10.6. The molecule has 0 spiro atoms. The van der Waals surface area contributed by atoms with Crippen molar-refractivity contribution in [3.05, 3.63) is 64.7 Å². The maximum Gasteiger partial charge on any atom is 0.319 e. The second kappa shape index (κ2) is 9.16. The lowest BCUT2D eigenvalue weighted by molar-refractivity contribution is 0.246. The summed E-state index contributed by atoms with van der Waals surface area (Å²) < 4.78 is 15.5. The topological polar surface area (TPSA) is 79.3 Å². The molecule has 31 heavy (non-hydrogen) atoms. The van der Waals surface area contributed by atoms with Crippen molar-refractivity contribution >= 4 is 28.6 Å². The number of urea groups is 1. The Morgan fingerprint density at radius 1 is 1.13 bits per heavy atom. The summed E-state index contributed by atoms with van der Waals surface area (Å²) in [5.41, 5.74) is 1.72. The fourth-order valence-corrected chi connectivity index (χ4v) is 3.97. The third-order valence-corrected chi connectivity index (χ3v) is 5.53. The third kappa shape index (κ3) is 4.52. The minimum Gasteiger partial charge on any atom is -0.352 e. The summed E-state index contributed by atoms with van der Waals surface area (Å²) in [5.74, 6) is -0.0142. The van der Waals surface area contributed by atoms with Crippen LogP contribution < -0.4 is 21.1 Å². The normalized spacial score (nSPS) is 14.6. The van der Waals surface area contributed by atoms with Gasteiger partial charge in [0, 0.05) is 25.7 Å². The molecular formula is C23H26FN5O2. The van der Waals surface area contributed by atoms with E-state index in [0.29, 0.717) is 38.3 Å². The summed E-state index contributed by atoms with van der Waals surface area (Å²) in [4.78, 5) is 32.0. The average Bonchev–Trinajstić information content (AvgIpc) is 2.78. The van der Waals surface area contributed by atoms with Gasteiger partial charge < -0.3 is 20.1 Å². The van der Waals surface area contributed by atoms with E-state index < -0.39 is 11.8 Å². The number of benzene rings is 2. The highest BCUT2D eigenvalue weighted by Gasteiger charge is 2.24. The van der Waals surface area contributed by atoms with Gasteiger partial charge in [-0.3, -0.25) is 4.79 Å². The third-order valence-electron chi connectivity index (χ3n) is 5.53. The molecule has 1 aliphatic heterocycles. The lowest BCUT2D eigenvalue weighted by Gasteiger charge is -2.33. The number of halogens is 1. The molecule has 1 aromatic heterocycles. The lowest BCUT2D eigenvalue weighted by Crippen LogP contribution is -2.47. The number of carbonyl (C=O) groups is 1. The number of nitrogens with one attached hydrogen (secondary N) is 2. The molecule has 0 radical (unpaired) electrons. The second-order valence-corrected chi connectivity index (χ2v) is 7.72. The number of aromatic nitrogens is 2. The summed E-state index contributed by atoms with van der Waals surface area (Å²) in [6, 6.07) is 13.3. The summed E-state index contributed by atoms with van der Waals surface area (Å²) in [6.45, 7) is 3.91. The van der Waals surface area contributed by atoms with Gasteiger partial charge in [-0.05, 0) is 43.5 Å². The maximum atomic E-state index is 13.7. The van der Waals surface area contributed by atoms with Crippen molar-refractivity contribution in [3.63, 3.8) is 0 Å². The number of aryl methyl sites for hydroxylation is 1. The Morgan fingerprint density at radius 2 is 1.84 bits per heavy atom. The predicted molar refractivity (Wildman–Crippen MR) is 120 cm³/mol. The Balaban J connectivity index is 1.43. The van der Waals surface area contributed by atoms with E-state index in [2.05, 4.69) is 15.6 Å². The largest absolute Gasteiger partial charge is 0.352 e. The van der Waals surface area contributed by atoms with Crippen molar-refractivity contribution in [2.24, 2.45) is 0 Å². The molecule has 2 heterocycles. The first-order valence-corrected chi connectivity index (χ1v) is 10.6. The lowest BCUT2D eigenvalue weighted by atomic mass is 10.1. The first kappa shape index (κ1) is 20.8. The molecule has 0 atom stereocenters. The van der Waals surface area contributed by atoms with E-state index >= 15 is 0 Å². The smallest absolute Gasteiger partial charge is 0.319 e. The molecule has 1 saturated heterocycles. The van der Waals surface area contributed by atoms with Crippen LogP contribution >= 0.6 is 0 Å². The highest BCUT2D eigenvalue weighted by atomic mass is 19.1. The van der Waals surface area contributed by atoms with Crippen LogP contribution in [0, 0.1) is 5.82 Å². The Bertz CT molecular complexity index is 1140. The maximum absolute atomic E-state index is 13.7. The van der Waals surface area contributed by atoms with Crippen LogP contribution in [0.25, 0.3) is 11.0 Å². The first-order chi connectivity index (χ1) is 15.1. The number of para-hydroxylation sites is 3. The number of hydrogen-bond acceptors (Lipinski definition) is 4. The van der Waals surface area contributed by atoms with Gasteiger partial charge in [-0.15, -0.1) is 0 Å². The van der Waals surface area contributed by atoms with E-state index in [1.165, 1.54) is 12.1 Å². The number of piperidine rings is 1. The van der Waals surface area contributed by atoms with Gasteiger partial charge in [0.1, 0.15) is 5.82 Å². The SMILES string of the molecule is CCCn1c(=O)c(N2CCC(NC(=O)Nc3ccccc3F)CC2)nc2ccccc21. The number of carbonyl (C=O) groups excluding carboxylic acids is 1. The van der Waals surface area contributed by atoms with E-state index in [-0.39, 0.29) is 17.3 Å². The molecular weight excluding hydrogens is 397 g/mol. The van der Waals surface area contributed by atoms with Crippen molar-refractivity contribution < 1.29 is 9.18 Å². The molecule has 3 aromatic rings. The molecule has 1 fully saturated rings. The average molecular weight is 423 g/mol. The van der Waals surface area contributed by atoms with Crippen molar-refractivity contribution in [1.29, 1.82) is 0 Å². The quantitative estimate of drug-likeness (QED) is 0.655. The van der Waals surface area contributed by atoms with Gasteiger partial charge in [0.2, 0.25) is 0 Å². The fourth-order valence-electron chi connectivity index (χ4n) is 3.97. The number of fused-ring (bicyclic) bond motifs is 1. The van der Waals surface area contributed by atoms with Gasteiger partial charge in [0.05, 0.1) is 16.7 Å². The highest BCUT2D eigenvalue weighted by molar-refractivity contribution is 5.89. The molecule has 2 N–H and O–H groups in total. The van der Waals surface area contributed by atoms with Gasteiger partial charge in [-0.1, -0.05) is 31.2 Å². The zero-order valence-electron chi connectivity index (χ0n) is 17.5. The zero-order chi connectivity index (χ0) is 21.8. The number of amides is 2. The second-order valence-electron chi connectivity index (χ2n) is 7.72. The molecule has 0 aliphatic carbocycles. The molecule has 162 valence electrons. The minimum absolute atomic E-state index is 0.0543. The van der Waals surface area contributed by atoms with Gasteiger partial charge in [-0.25, -0.2) is 14.2 Å². The molecule has 7 nitrogen and oxygen atoms in total. The van der Waals surface area contributed by atoms with Crippen LogP contribution in [0.15, 0.2) is 53.3 Å². The molecule has 2 amide bonds. The van der Waals surface area contributed by atoms with E-state index in [1.807, 2.05) is 36.1 Å². The van der Waals surface area contributed by atoms with Crippen molar-refractivity contribution in [2.75, 3.05) is 23.3 Å². The van der Waals surface area contributed by atoms with E-state index in [9.17, 15) is 14.0 Å². The summed E-state index contributed by atoms with van der Waals surface area (Å²) in [6.07, 6.45) is 2.20. The number of hydrogen-bond donors (Lipinski definition) is 2. The highest BCUT2D eigenvalue weighted by Crippen LogP contribution is 2.19. The molecule has 0 bridgehead atoms. The van der Waals surface area contributed by atoms with Crippen LogP contribution in [0.2, 0.25) is 0 Å². The van der Waals surface area contributed by atoms with E-state index in [4.69, 9.17) is 0 Å². The minimum atomic E-state index is -0.474. The van der Waals surface area contributed by atoms with Gasteiger partial charge in [-0.2, -0.15) is 0 Å². The molecule has 8 heteroatoms. The van der Waals surface area contributed by atoms with Crippen molar-refractivity contribution in [3.8, 4) is 0 Å². The van der Waals surface area contributed by atoms with Crippen LogP contribution in [0.4, 0.5) is 20.7 Å². The van der Waals surface area contributed by atoms with Crippen LogP contribution in [0.3, 0.4) is 0 Å². The molecule has 1 aliphatic rings. The van der Waals surface area contributed by atoms with Crippen LogP contribution in [-0.2, 0) is 6.54 Å². The predicted octanol–water partition coefficient (Wildman–Crippen LogP) is 3.74. The fraction of sp³-hybridized carbons (Fsp3) is 0.348. The van der Waals surface area contributed by atoms with E-state index in [1.54, 1.807) is 16.7 Å². The number of nitrogens with zero attached hydrogens (tertiary/aromatic N) is 3. The van der Waals surface area contributed by atoms with E-state index in [0.717, 1.165) is 17.5 Å². The molecule has 2 aromatic carbocycles. The molecule has 4 rings (SSSR count). The molecule has 0 unspecified atom stereocenters. The van der Waals surface area contributed by atoms with Gasteiger partial charge in [0.25, 0.3) is 5.56 Å². The van der Waals surface area contributed by atoms with Crippen LogP contribution in [-0.4, -0.2) is 34.7 Å². The summed E-state index contributed by atoms with van der Waals surface area (Å²) in [7, 11) is 0. The Labute approximate surface area is 179 Å². The standard InChI is InChI=1S/C23H26FN5O2/c1-2-13-29-20-10-6-5-9-19(20)26-21(22(29)30)28-14-11-16(12-15-28)25-23(31)27-18-8-4-3-7-17(18)24/h3-10,16H,2,11-15H2,1H3,(H2,25,27,31). The van der Waals surface area contributed by atoms with Crippen molar-refractivity contribution in [2.45, 2.75) is 38.8 Å². The van der Waals surface area contributed by atoms with Gasteiger partial charge in [0.15, 0.2) is 5.82 Å². The van der Waals surface area contributed by atoms with Crippen molar-refractivity contribution in [1.82, 2.24) is 14.9 Å². The van der Waals surface area contributed by atoms with Crippen LogP contribution in [0.1, 0.15) is 26.2 Å². The van der Waals surface area contributed by atoms with Crippen LogP contribution in [0.5, 0.6) is 0 Å². The van der Waals surface area contributed by atoms with Gasteiger partial charge >= 0.3 is 6.03 Å². The Morgan fingerprint density at radius 3 is 2.58 bits per heavy atom. The Kier molecular flexibility index (Phi) is 6.16. The molecule has 0 saturated carbocycles. The Hall–Kier alpha value is -3.42. The number of rotatable bonds is 5. The monoisotopic (exact) mass is 423 g/mol. The zero-order valence-corrected chi connectivity index (χ0v) is 17.5. The number of anilines is 2. The summed E-state index contributed by atoms with van der Waals surface area (Å²) >= 11 is 0.